The second kappa shape index (κ2) is 5.09. The van der Waals surface area contributed by atoms with Crippen molar-refractivity contribution in [3.63, 3.8) is 0 Å². The number of nitrogens with zero attached hydrogens (tertiary/aromatic N) is 3. The van der Waals surface area contributed by atoms with Crippen LogP contribution in [0.2, 0.25) is 0 Å². The fourth-order valence-electron chi connectivity index (χ4n) is 3.19. The third-order valence-electron chi connectivity index (χ3n) is 4.45. The summed E-state index contributed by atoms with van der Waals surface area (Å²) in [5, 5.41) is 0. The summed E-state index contributed by atoms with van der Waals surface area (Å²) in [5.41, 5.74) is -1.11. The Bertz CT molecular complexity index is 565. The van der Waals surface area contributed by atoms with Crippen LogP contribution in [-0.4, -0.2) is 58.9 Å². The average molecular weight is 291 g/mol. The van der Waals surface area contributed by atoms with Gasteiger partial charge in [0.05, 0.1) is 13.0 Å². The number of likely N-dealkylation sites (tertiary alicyclic amines) is 2. The summed E-state index contributed by atoms with van der Waals surface area (Å²) in [5.74, 6) is -1.01. The number of carbonyl (C=O) groups is 2. The van der Waals surface area contributed by atoms with Crippen LogP contribution in [-0.2, 0) is 16.0 Å². The highest BCUT2D eigenvalue weighted by atomic mass is 19.1. The number of pyridine rings is 1. The summed E-state index contributed by atoms with van der Waals surface area (Å²) in [7, 11) is 1.61. The molecule has 2 aliphatic rings. The number of fused-ring (bicyclic) bond motifs is 1. The smallest absolute Gasteiger partial charge is 0.262 e. The van der Waals surface area contributed by atoms with Gasteiger partial charge in [0.1, 0.15) is 0 Å². The molecule has 2 saturated heterocycles. The molecule has 112 valence electrons. The van der Waals surface area contributed by atoms with E-state index in [0.717, 1.165) is 5.56 Å². The number of halogens is 1. The van der Waals surface area contributed by atoms with Crippen molar-refractivity contribution in [3.05, 3.63) is 30.1 Å². The fourth-order valence-corrected chi connectivity index (χ4v) is 3.19. The van der Waals surface area contributed by atoms with Gasteiger partial charge in [-0.3, -0.25) is 14.6 Å². The highest BCUT2D eigenvalue weighted by Gasteiger charge is 2.57. The molecule has 3 heterocycles. The maximum absolute atomic E-state index is 15.0. The van der Waals surface area contributed by atoms with Gasteiger partial charge in [-0.2, -0.15) is 0 Å². The first kappa shape index (κ1) is 14.0. The van der Waals surface area contributed by atoms with E-state index in [1.165, 1.54) is 9.80 Å². The molecule has 0 spiro atoms. The van der Waals surface area contributed by atoms with Crippen molar-refractivity contribution in [2.24, 2.45) is 5.92 Å². The Morgan fingerprint density at radius 1 is 1.57 bits per heavy atom. The van der Waals surface area contributed by atoms with E-state index in [0.29, 0.717) is 19.5 Å². The van der Waals surface area contributed by atoms with Crippen LogP contribution >= 0.6 is 0 Å². The molecule has 5 nitrogen and oxygen atoms in total. The molecule has 0 saturated carbocycles. The summed E-state index contributed by atoms with van der Waals surface area (Å²) in [4.78, 5) is 31.2. The van der Waals surface area contributed by atoms with E-state index in [-0.39, 0.29) is 24.8 Å². The van der Waals surface area contributed by atoms with Crippen molar-refractivity contribution in [2.75, 3.05) is 26.7 Å². The summed E-state index contributed by atoms with van der Waals surface area (Å²) >= 11 is 0. The van der Waals surface area contributed by atoms with Gasteiger partial charge in [0.2, 0.25) is 11.6 Å². The number of hydrogen-bond donors (Lipinski definition) is 0. The van der Waals surface area contributed by atoms with Crippen LogP contribution in [0.1, 0.15) is 12.0 Å². The van der Waals surface area contributed by atoms with Crippen LogP contribution in [0.3, 0.4) is 0 Å². The van der Waals surface area contributed by atoms with Crippen LogP contribution in [0, 0.1) is 5.92 Å². The maximum atomic E-state index is 15.0. The Morgan fingerprint density at radius 2 is 2.38 bits per heavy atom. The van der Waals surface area contributed by atoms with Crippen LogP contribution < -0.4 is 0 Å². The molecule has 2 aliphatic heterocycles. The fraction of sp³-hybridized carbons (Fsp3) is 0.533. The van der Waals surface area contributed by atoms with Gasteiger partial charge >= 0.3 is 0 Å². The second-order valence-electron chi connectivity index (χ2n) is 5.89. The lowest BCUT2D eigenvalue weighted by molar-refractivity contribution is -0.149. The molecule has 21 heavy (non-hydrogen) atoms. The first-order chi connectivity index (χ1) is 10.0. The minimum absolute atomic E-state index is 0.125. The Morgan fingerprint density at radius 3 is 3.10 bits per heavy atom. The van der Waals surface area contributed by atoms with E-state index < -0.39 is 11.6 Å². The molecule has 6 heteroatoms. The van der Waals surface area contributed by atoms with Gasteiger partial charge in [-0.1, -0.05) is 6.07 Å². The number of amides is 2. The highest BCUT2D eigenvalue weighted by molar-refractivity contribution is 5.89. The molecule has 0 bridgehead atoms. The van der Waals surface area contributed by atoms with E-state index in [1.807, 2.05) is 6.07 Å². The van der Waals surface area contributed by atoms with Crippen molar-refractivity contribution in [1.82, 2.24) is 14.8 Å². The molecule has 1 aromatic rings. The standard InChI is InChI=1S/C15H18FN3O2/c1-18-6-4-12-9-19(10-15(12,16)14(18)21)13(20)7-11-3-2-5-17-8-11/h2-3,5,8,12H,4,6-7,9-10H2,1H3/t12-,15-/m1/s1. The Kier molecular flexibility index (Phi) is 3.39. The SMILES string of the molecule is CN1CC[C@@H]2CN(C(=O)Cc3cccnc3)C[C@]2(F)C1=O. The Balaban J connectivity index is 1.71. The molecule has 0 unspecified atom stereocenters. The van der Waals surface area contributed by atoms with Crippen LogP contribution in [0.25, 0.3) is 0 Å². The van der Waals surface area contributed by atoms with E-state index in [4.69, 9.17) is 0 Å². The van der Waals surface area contributed by atoms with Crippen molar-refractivity contribution < 1.29 is 14.0 Å². The van der Waals surface area contributed by atoms with Crippen molar-refractivity contribution in [3.8, 4) is 0 Å². The van der Waals surface area contributed by atoms with Gasteiger partial charge in [0.25, 0.3) is 5.91 Å². The normalized spacial score (nSPS) is 28.7. The number of aromatic nitrogens is 1. The number of carbonyl (C=O) groups excluding carboxylic acids is 2. The number of piperidine rings is 1. The van der Waals surface area contributed by atoms with Gasteiger partial charge in [0, 0.05) is 38.4 Å². The number of hydrogen-bond acceptors (Lipinski definition) is 3. The quantitative estimate of drug-likeness (QED) is 0.804. The van der Waals surface area contributed by atoms with E-state index in [2.05, 4.69) is 4.98 Å². The van der Waals surface area contributed by atoms with Crippen LogP contribution in [0.4, 0.5) is 4.39 Å². The predicted molar refractivity (Wildman–Crippen MR) is 74.1 cm³/mol. The van der Waals surface area contributed by atoms with Crippen molar-refractivity contribution in [1.29, 1.82) is 0 Å². The van der Waals surface area contributed by atoms with Crippen LogP contribution in [0.5, 0.6) is 0 Å². The third kappa shape index (κ3) is 2.39. The summed E-state index contributed by atoms with van der Waals surface area (Å²) in [6.45, 7) is 0.759. The van der Waals surface area contributed by atoms with Gasteiger partial charge in [-0.15, -0.1) is 0 Å². The molecule has 0 aromatic carbocycles. The minimum Gasteiger partial charge on any atom is -0.343 e. The van der Waals surface area contributed by atoms with E-state index in [1.54, 1.807) is 25.5 Å². The van der Waals surface area contributed by atoms with Gasteiger partial charge < -0.3 is 9.80 Å². The third-order valence-corrected chi connectivity index (χ3v) is 4.45. The van der Waals surface area contributed by atoms with Gasteiger partial charge in [-0.05, 0) is 18.1 Å². The molecule has 0 aliphatic carbocycles. The lowest BCUT2D eigenvalue weighted by atomic mass is 9.85. The zero-order chi connectivity index (χ0) is 15.0. The predicted octanol–water partition coefficient (Wildman–Crippen LogP) is 0.653. The highest BCUT2D eigenvalue weighted by Crippen LogP contribution is 2.38. The first-order valence-corrected chi connectivity index (χ1v) is 7.12. The molecule has 2 amide bonds. The maximum Gasteiger partial charge on any atom is 0.262 e. The largest absolute Gasteiger partial charge is 0.343 e. The van der Waals surface area contributed by atoms with Gasteiger partial charge in [0.15, 0.2) is 0 Å². The number of rotatable bonds is 2. The van der Waals surface area contributed by atoms with E-state index in [9.17, 15) is 14.0 Å². The van der Waals surface area contributed by atoms with Crippen molar-refractivity contribution in [2.45, 2.75) is 18.5 Å². The molecular weight excluding hydrogens is 273 g/mol. The summed E-state index contributed by atoms with van der Waals surface area (Å²) < 4.78 is 15.0. The first-order valence-electron chi connectivity index (χ1n) is 7.12. The molecule has 0 radical (unpaired) electrons. The molecule has 0 N–H and O–H groups in total. The lowest BCUT2D eigenvalue weighted by Gasteiger charge is -2.35. The molecule has 2 fully saturated rings. The second-order valence-corrected chi connectivity index (χ2v) is 5.89. The number of alkyl halides is 1. The summed E-state index contributed by atoms with van der Waals surface area (Å²) in [6.07, 6.45) is 4.07. The van der Waals surface area contributed by atoms with E-state index >= 15 is 0 Å². The zero-order valence-electron chi connectivity index (χ0n) is 12.0. The Hall–Kier alpha value is -1.98. The van der Waals surface area contributed by atoms with Crippen LogP contribution in [0.15, 0.2) is 24.5 Å². The van der Waals surface area contributed by atoms with Crippen molar-refractivity contribution >= 4 is 11.8 Å². The zero-order valence-corrected chi connectivity index (χ0v) is 12.0. The molecule has 1 aromatic heterocycles. The molecular formula is C15H18FN3O2. The minimum atomic E-state index is -1.91. The Labute approximate surface area is 122 Å². The summed E-state index contributed by atoms with van der Waals surface area (Å²) in [6, 6.07) is 3.58. The monoisotopic (exact) mass is 291 g/mol. The molecule has 2 atom stereocenters. The average Bonchev–Trinajstić information content (AvgIpc) is 2.83. The topological polar surface area (TPSA) is 53.5 Å². The van der Waals surface area contributed by atoms with Gasteiger partial charge in [-0.25, -0.2) is 4.39 Å². The molecule has 3 rings (SSSR count). The lowest BCUT2D eigenvalue weighted by Crippen LogP contribution is -2.54.